The van der Waals surface area contributed by atoms with Crippen LogP contribution in [0.4, 0.5) is 4.79 Å². The quantitative estimate of drug-likeness (QED) is 0.366. The van der Waals surface area contributed by atoms with Crippen LogP contribution in [0, 0.1) is 11.3 Å². The Hall–Kier alpha value is -4.39. The fraction of sp³-hybridized carbons (Fsp3) is 0.526. The Bertz CT molecular complexity index is 1850. The molecule has 3 fully saturated rings. The number of fused-ring (bicyclic) bond motifs is 5. The predicted molar refractivity (Wildman–Crippen MR) is 193 cm³/mol. The number of alkyl carbamates (subject to hydrolysis) is 1. The standard InChI is InChI=1S/C38H48N4O8S/c1-5-25-22-38(25,35(45)41-51(47,48)27-17-18-27)40-33(43)30-21-26-23-42(30)34(44)32(37(2,3)4)39-36(46)49-20-12-8-6-7-9-15-29-28-14-11-10-13-24(28)16-19-31(29)50-26/h5,9-11,13-16,19,25-27,30,32H,1,6-8,12,17-18,20-23H2,2-4H3,(H,39,46)(H,40,43)(H,41,45)/b15-9+/t25?,26-,30+,32-,38-/m1/s1. The van der Waals surface area contributed by atoms with Gasteiger partial charge in [0.05, 0.1) is 18.4 Å². The SMILES string of the molecule is C=CC1C[C@]1(NC(=O)[C@@H]1C[C@@H]2CN1C(=O)[C@H](C(C)(C)C)NC(=O)OCCCCC/C=C/c1c(ccc3ccccc13)O2)C(=O)NS(=O)(=O)C1CC1. The number of cyclic esters (lactones) is 1. The number of nitrogens with one attached hydrogen (secondary N) is 3. The molecule has 1 saturated heterocycles. The van der Waals surface area contributed by atoms with Gasteiger partial charge in [-0.25, -0.2) is 13.2 Å². The van der Waals surface area contributed by atoms with Crippen LogP contribution in [0.1, 0.15) is 77.7 Å². The van der Waals surface area contributed by atoms with Gasteiger partial charge in [0, 0.05) is 17.9 Å². The highest BCUT2D eigenvalue weighted by molar-refractivity contribution is 7.91. The van der Waals surface area contributed by atoms with Gasteiger partial charge in [-0.2, -0.15) is 0 Å². The summed E-state index contributed by atoms with van der Waals surface area (Å²) in [5, 5.41) is 6.98. The number of ether oxygens (including phenoxy) is 2. The summed E-state index contributed by atoms with van der Waals surface area (Å²) in [6.07, 6.45) is 8.74. The minimum Gasteiger partial charge on any atom is -0.488 e. The highest BCUT2D eigenvalue weighted by Gasteiger charge is 2.62. The third-order valence-electron chi connectivity index (χ3n) is 10.2. The highest BCUT2D eigenvalue weighted by atomic mass is 32.2. The fourth-order valence-corrected chi connectivity index (χ4v) is 8.37. The Labute approximate surface area is 299 Å². The molecule has 0 spiro atoms. The molecule has 4 aliphatic rings. The molecule has 13 heteroatoms. The first-order chi connectivity index (χ1) is 24.2. The van der Waals surface area contributed by atoms with Gasteiger partial charge < -0.3 is 25.0 Å². The summed E-state index contributed by atoms with van der Waals surface area (Å²) in [5.74, 6) is -1.84. The Morgan fingerprint density at radius 3 is 2.55 bits per heavy atom. The van der Waals surface area contributed by atoms with Crippen molar-refractivity contribution < 1.29 is 37.1 Å². The number of carbonyl (C=O) groups is 4. The van der Waals surface area contributed by atoms with Crippen molar-refractivity contribution in [3.63, 3.8) is 0 Å². The van der Waals surface area contributed by atoms with Gasteiger partial charge >= 0.3 is 6.09 Å². The molecule has 0 aromatic heterocycles. The van der Waals surface area contributed by atoms with Gasteiger partial charge in [0.25, 0.3) is 5.91 Å². The molecule has 6 rings (SSSR count). The summed E-state index contributed by atoms with van der Waals surface area (Å²) in [6.45, 7) is 9.44. The van der Waals surface area contributed by atoms with Gasteiger partial charge in [0.15, 0.2) is 0 Å². The second kappa shape index (κ2) is 14.3. The minimum absolute atomic E-state index is 0.0242. The van der Waals surface area contributed by atoms with E-state index in [0.29, 0.717) is 25.0 Å². The average molecular weight is 721 g/mol. The first-order valence-corrected chi connectivity index (χ1v) is 19.4. The number of nitrogens with zero attached hydrogens (tertiary/aromatic N) is 1. The maximum absolute atomic E-state index is 14.5. The number of sulfonamides is 1. The van der Waals surface area contributed by atoms with E-state index in [4.69, 9.17) is 9.47 Å². The van der Waals surface area contributed by atoms with Crippen molar-refractivity contribution in [1.82, 2.24) is 20.3 Å². The van der Waals surface area contributed by atoms with Crippen molar-refractivity contribution in [2.24, 2.45) is 11.3 Å². The van der Waals surface area contributed by atoms with Crippen LogP contribution in [0.25, 0.3) is 16.8 Å². The van der Waals surface area contributed by atoms with E-state index in [1.165, 1.54) is 11.0 Å². The molecule has 51 heavy (non-hydrogen) atoms. The number of allylic oxidation sites excluding steroid dienone is 1. The first-order valence-electron chi connectivity index (χ1n) is 17.8. The molecule has 0 radical (unpaired) electrons. The molecule has 3 N–H and O–H groups in total. The van der Waals surface area contributed by atoms with Crippen molar-refractivity contribution in [1.29, 1.82) is 0 Å². The van der Waals surface area contributed by atoms with Gasteiger partial charge in [-0.3, -0.25) is 19.1 Å². The van der Waals surface area contributed by atoms with E-state index in [1.54, 1.807) is 0 Å². The van der Waals surface area contributed by atoms with Crippen molar-refractivity contribution in [3.8, 4) is 5.75 Å². The lowest BCUT2D eigenvalue weighted by Gasteiger charge is -2.35. The van der Waals surface area contributed by atoms with Crippen molar-refractivity contribution in [3.05, 3.63) is 60.7 Å². The van der Waals surface area contributed by atoms with E-state index >= 15 is 0 Å². The summed E-state index contributed by atoms with van der Waals surface area (Å²) >= 11 is 0. The molecular weight excluding hydrogens is 673 g/mol. The summed E-state index contributed by atoms with van der Waals surface area (Å²) in [6, 6.07) is 9.72. The zero-order chi connectivity index (χ0) is 36.6. The molecule has 2 aliphatic carbocycles. The van der Waals surface area contributed by atoms with E-state index in [1.807, 2.05) is 63.2 Å². The smallest absolute Gasteiger partial charge is 0.407 e. The van der Waals surface area contributed by atoms with Crippen LogP contribution in [-0.4, -0.2) is 79.3 Å². The van der Waals surface area contributed by atoms with Crippen molar-refractivity contribution in [2.45, 2.75) is 101 Å². The van der Waals surface area contributed by atoms with Crippen LogP contribution in [0.15, 0.2) is 55.1 Å². The molecule has 2 aliphatic heterocycles. The number of rotatable bonds is 6. The Kier molecular flexibility index (Phi) is 10.2. The van der Waals surface area contributed by atoms with Crippen molar-refractivity contribution >= 4 is 50.7 Å². The summed E-state index contributed by atoms with van der Waals surface area (Å²) in [5.41, 5.74) is -1.40. The van der Waals surface area contributed by atoms with Gasteiger partial charge in [0.2, 0.25) is 21.8 Å². The van der Waals surface area contributed by atoms with E-state index in [-0.39, 0.29) is 26.0 Å². The Morgan fingerprint density at radius 1 is 1.08 bits per heavy atom. The van der Waals surface area contributed by atoms with E-state index < -0.39 is 74.1 Å². The fourth-order valence-electron chi connectivity index (χ4n) is 7.01. The lowest BCUT2D eigenvalue weighted by Crippen LogP contribution is -2.60. The monoisotopic (exact) mass is 720 g/mol. The maximum atomic E-state index is 14.5. The van der Waals surface area contributed by atoms with Crippen LogP contribution >= 0.6 is 0 Å². The topological polar surface area (TPSA) is 160 Å². The number of hydrogen-bond acceptors (Lipinski definition) is 8. The largest absolute Gasteiger partial charge is 0.488 e. The van der Waals surface area contributed by atoms with E-state index in [2.05, 4.69) is 28.0 Å². The molecule has 12 nitrogen and oxygen atoms in total. The molecule has 5 atom stereocenters. The summed E-state index contributed by atoms with van der Waals surface area (Å²) in [7, 11) is -3.88. The second-order valence-corrected chi connectivity index (χ2v) is 17.2. The van der Waals surface area contributed by atoms with Gasteiger partial charge in [-0.15, -0.1) is 6.58 Å². The number of benzene rings is 2. The van der Waals surface area contributed by atoms with Gasteiger partial charge in [0.1, 0.15) is 29.5 Å². The van der Waals surface area contributed by atoms with Gasteiger partial charge in [-0.1, -0.05) is 69.3 Å². The van der Waals surface area contributed by atoms with Crippen LogP contribution in [0.3, 0.4) is 0 Å². The molecule has 2 aromatic carbocycles. The lowest BCUT2D eigenvalue weighted by atomic mass is 9.85. The number of amides is 4. The molecule has 274 valence electrons. The molecule has 2 heterocycles. The summed E-state index contributed by atoms with van der Waals surface area (Å²) < 4.78 is 39.6. The predicted octanol–water partition coefficient (Wildman–Crippen LogP) is 4.59. The van der Waals surface area contributed by atoms with Crippen LogP contribution in [0.2, 0.25) is 0 Å². The number of carbonyl (C=O) groups excluding carboxylic acids is 4. The van der Waals surface area contributed by atoms with Crippen LogP contribution in [-0.2, 0) is 29.1 Å². The minimum atomic E-state index is -3.88. The number of hydrogen-bond donors (Lipinski definition) is 3. The second-order valence-electron chi connectivity index (χ2n) is 15.2. The highest BCUT2D eigenvalue weighted by Crippen LogP contribution is 2.45. The molecular formula is C38H48N4O8S. The van der Waals surface area contributed by atoms with Gasteiger partial charge in [-0.05, 0) is 67.2 Å². The molecule has 2 saturated carbocycles. The summed E-state index contributed by atoms with van der Waals surface area (Å²) in [4.78, 5) is 56.5. The molecule has 2 bridgehead atoms. The van der Waals surface area contributed by atoms with E-state index in [9.17, 15) is 27.6 Å². The maximum Gasteiger partial charge on any atom is 0.407 e. The third-order valence-corrected chi connectivity index (χ3v) is 12.0. The van der Waals surface area contributed by atoms with Crippen LogP contribution in [0.5, 0.6) is 5.75 Å². The average Bonchev–Trinajstić information content (AvgIpc) is 4.01. The zero-order valence-corrected chi connectivity index (χ0v) is 30.3. The molecule has 2 aromatic rings. The first kappa shape index (κ1) is 36.4. The Morgan fingerprint density at radius 2 is 1.84 bits per heavy atom. The molecule has 4 amide bonds. The molecule has 1 unspecified atom stereocenters. The van der Waals surface area contributed by atoms with Crippen molar-refractivity contribution in [2.75, 3.05) is 13.2 Å². The lowest BCUT2D eigenvalue weighted by molar-refractivity contribution is -0.142. The van der Waals surface area contributed by atoms with E-state index in [0.717, 1.165) is 35.6 Å². The normalized spacial score (nSPS) is 28.2. The zero-order valence-electron chi connectivity index (χ0n) is 29.5. The third kappa shape index (κ3) is 7.93. The Balaban J connectivity index is 1.34. The van der Waals surface area contributed by atoms with Crippen LogP contribution < -0.4 is 20.1 Å².